The Hall–Kier alpha value is -1.96. The average molecular weight is 241 g/mol. The van der Waals surface area contributed by atoms with Crippen molar-refractivity contribution < 1.29 is 9.72 Å². The summed E-state index contributed by atoms with van der Waals surface area (Å²) < 4.78 is 1.37. The van der Waals surface area contributed by atoms with E-state index >= 15 is 0 Å². The van der Waals surface area contributed by atoms with Crippen LogP contribution in [0.3, 0.4) is 0 Å². The maximum atomic E-state index is 11.1. The van der Waals surface area contributed by atoms with E-state index in [4.69, 9.17) is 5.73 Å². The number of nitro groups is 1. The fourth-order valence-corrected chi connectivity index (χ4v) is 1.43. The van der Waals surface area contributed by atoms with Crippen LogP contribution in [0.2, 0.25) is 0 Å². The quantitative estimate of drug-likeness (QED) is 0.571. The van der Waals surface area contributed by atoms with Crippen LogP contribution < -0.4 is 5.73 Å². The zero-order chi connectivity index (χ0) is 13.2. The van der Waals surface area contributed by atoms with Gasteiger partial charge in [-0.25, -0.2) is 0 Å². The molecule has 1 aromatic heterocycles. The molecule has 1 heterocycles. The first-order valence-electron chi connectivity index (χ1n) is 5.06. The van der Waals surface area contributed by atoms with E-state index in [0.29, 0.717) is 12.2 Å². The third-order valence-corrected chi connectivity index (χ3v) is 2.55. The summed E-state index contributed by atoms with van der Waals surface area (Å²) in [5.41, 5.74) is 5.47. The number of hydrogen-bond acceptors (Lipinski definition) is 5. The Kier molecular flexibility index (Phi) is 3.79. The number of nitrogens with two attached hydrogens (primary N) is 1. The van der Waals surface area contributed by atoms with Crippen molar-refractivity contribution in [3.8, 4) is 0 Å². The molecule has 1 aromatic rings. The highest BCUT2D eigenvalue weighted by Crippen LogP contribution is 2.19. The Morgan fingerprint density at radius 1 is 1.65 bits per heavy atom. The summed E-state index contributed by atoms with van der Waals surface area (Å²) in [6, 6.07) is 0. The fourth-order valence-electron chi connectivity index (χ4n) is 1.43. The molecule has 0 aliphatic carbocycles. The van der Waals surface area contributed by atoms with Gasteiger partial charge in [0.15, 0.2) is 0 Å². The lowest BCUT2D eigenvalue weighted by molar-refractivity contribution is -0.390. The minimum absolute atomic E-state index is 0.101. The second-order valence-electron chi connectivity index (χ2n) is 3.72. The predicted molar refractivity (Wildman–Crippen MR) is 60.4 cm³/mol. The molecule has 0 bridgehead atoms. The maximum absolute atomic E-state index is 11.1. The van der Waals surface area contributed by atoms with Gasteiger partial charge in [0, 0.05) is 13.6 Å². The van der Waals surface area contributed by atoms with Gasteiger partial charge in [-0.05, 0) is 23.5 Å². The van der Waals surface area contributed by atoms with E-state index in [9.17, 15) is 14.9 Å². The summed E-state index contributed by atoms with van der Waals surface area (Å²) in [5, 5.41) is 10.8. The minimum atomic E-state index is -0.777. The molecule has 0 saturated carbocycles. The van der Waals surface area contributed by atoms with Gasteiger partial charge in [0.25, 0.3) is 0 Å². The number of carbonyl (C=O) groups is 1. The second kappa shape index (κ2) is 4.91. The van der Waals surface area contributed by atoms with Crippen LogP contribution in [-0.2, 0) is 13.6 Å². The van der Waals surface area contributed by atoms with E-state index in [0.717, 1.165) is 6.54 Å². The van der Waals surface area contributed by atoms with Gasteiger partial charge in [0.1, 0.15) is 5.69 Å². The van der Waals surface area contributed by atoms with Gasteiger partial charge in [-0.15, -0.1) is 0 Å². The number of nitrogens with zero attached hydrogens (tertiary/aromatic N) is 4. The van der Waals surface area contributed by atoms with Crippen molar-refractivity contribution in [3.63, 3.8) is 0 Å². The van der Waals surface area contributed by atoms with Crippen molar-refractivity contribution in [2.75, 3.05) is 13.6 Å². The molecule has 0 radical (unpaired) electrons. The zero-order valence-corrected chi connectivity index (χ0v) is 10.0. The summed E-state index contributed by atoms with van der Waals surface area (Å²) in [4.78, 5) is 26.8. The Morgan fingerprint density at radius 2 is 2.24 bits per heavy atom. The Bertz CT molecular complexity index is 454. The van der Waals surface area contributed by atoms with Gasteiger partial charge in [0.2, 0.25) is 0 Å². The van der Waals surface area contributed by atoms with Crippen molar-refractivity contribution in [1.29, 1.82) is 0 Å². The van der Waals surface area contributed by atoms with Crippen molar-refractivity contribution in [1.82, 2.24) is 14.5 Å². The molecular formula is C9H15N5O3. The number of aromatic nitrogens is 2. The largest absolute Gasteiger partial charge is 0.387 e. The smallest absolute Gasteiger partial charge is 0.361 e. The van der Waals surface area contributed by atoms with Crippen LogP contribution in [0.5, 0.6) is 0 Å². The summed E-state index contributed by atoms with van der Waals surface area (Å²) in [7, 11) is 3.36. The van der Waals surface area contributed by atoms with Crippen molar-refractivity contribution in [2.24, 2.45) is 12.8 Å². The highest BCUT2D eigenvalue weighted by atomic mass is 16.6. The van der Waals surface area contributed by atoms with Crippen LogP contribution in [0.1, 0.15) is 23.2 Å². The van der Waals surface area contributed by atoms with Crippen LogP contribution in [0.15, 0.2) is 0 Å². The molecule has 0 fully saturated rings. The number of hydrogen-bond donors (Lipinski definition) is 1. The van der Waals surface area contributed by atoms with Crippen LogP contribution in [0.25, 0.3) is 0 Å². The SMILES string of the molecule is CCN(C)Cc1c([N+](=O)[O-])nc(C(N)=O)n1C. The molecule has 0 aliphatic heterocycles. The number of amides is 1. The molecule has 1 amide bonds. The van der Waals surface area contributed by atoms with E-state index in [1.807, 2.05) is 18.9 Å². The van der Waals surface area contributed by atoms with Crippen molar-refractivity contribution in [2.45, 2.75) is 13.5 Å². The van der Waals surface area contributed by atoms with Crippen LogP contribution in [0.4, 0.5) is 5.82 Å². The molecule has 17 heavy (non-hydrogen) atoms. The molecule has 0 atom stereocenters. The first kappa shape index (κ1) is 13.1. The van der Waals surface area contributed by atoms with E-state index in [1.165, 1.54) is 4.57 Å². The van der Waals surface area contributed by atoms with Gasteiger partial charge in [0.05, 0.1) is 0 Å². The van der Waals surface area contributed by atoms with E-state index in [2.05, 4.69) is 4.98 Å². The third-order valence-electron chi connectivity index (χ3n) is 2.55. The molecule has 0 saturated heterocycles. The Balaban J connectivity index is 3.25. The van der Waals surface area contributed by atoms with Crippen molar-refractivity contribution in [3.05, 3.63) is 21.6 Å². The lowest BCUT2D eigenvalue weighted by Crippen LogP contribution is -2.21. The fraction of sp³-hybridized carbons (Fsp3) is 0.556. The monoisotopic (exact) mass is 241 g/mol. The van der Waals surface area contributed by atoms with Crippen molar-refractivity contribution >= 4 is 11.7 Å². The van der Waals surface area contributed by atoms with Gasteiger partial charge in [-0.3, -0.25) is 9.36 Å². The number of rotatable bonds is 5. The highest BCUT2D eigenvalue weighted by molar-refractivity contribution is 5.89. The first-order chi connectivity index (χ1) is 7.88. The normalized spacial score (nSPS) is 10.8. The van der Waals surface area contributed by atoms with Crippen LogP contribution in [0, 0.1) is 10.1 Å². The summed E-state index contributed by atoms with van der Waals surface area (Å²) in [6.07, 6.45) is 0. The van der Waals surface area contributed by atoms with Gasteiger partial charge in [-0.1, -0.05) is 6.92 Å². The van der Waals surface area contributed by atoms with Gasteiger partial charge < -0.3 is 20.7 Å². The summed E-state index contributed by atoms with van der Waals surface area (Å²) in [5.74, 6) is -1.20. The lowest BCUT2D eigenvalue weighted by Gasteiger charge is -2.13. The lowest BCUT2D eigenvalue weighted by atomic mass is 10.4. The highest BCUT2D eigenvalue weighted by Gasteiger charge is 2.28. The zero-order valence-electron chi connectivity index (χ0n) is 10.0. The van der Waals surface area contributed by atoms with Crippen LogP contribution in [-0.4, -0.2) is 38.9 Å². The van der Waals surface area contributed by atoms with E-state index in [-0.39, 0.29) is 11.6 Å². The number of imidazole rings is 1. The molecule has 8 nitrogen and oxygen atoms in total. The molecular weight excluding hydrogens is 226 g/mol. The Labute approximate surface area is 98.2 Å². The summed E-state index contributed by atoms with van der Waals surface area (Å²) in [6.45, 7) is 3.00. The Morgan fingerprint density at radius 3 is 2.65 bits per heavy atom. The minimum Gasteiger partial charge on any atom is -0.361 e. The average Bonchev–Trinajstić information content (AvgIpc) is 2.56. The summed E-state index contributed by atoms with van der Waals surface area (Å²) >= 11 is 0. The predicted octanol–water partition coefficient (Wildman–Crippen LogP) is -0.121. The molecule has 0 aliphatic rings. The number of primary amides is 1. The van der Waals surface area contributed by atoms with Crippen LogP contribution >= 0.6 is 0 Å². The van der Waals surface area contributed by atoms with Gasteiger partial charge >= 0.3 is 17.5 Å². The van der Waals surface area contributed by atoms with E-state index < -0.39 is 10.8 Å². The molecule has 8 heteroatoms. The molecule has 0 aromatic carbocycles. The molecule has 94 valence electrons. The van der Waals surface area contributed by atoms with E-state index in [1.54, 1.807) is 7.05 Å². The molecule has 0 unspecified atom stereocenters. The molecule has 2 N–H and O–H groups in total. The standard InChI is InChI=1S/C9H15N5O3/c1-4-12(2)5-6-8(14(16)17)11-9(7(10)15)13(6)3/h4-5H2,1-3H3,(H2,10,15). The van der Waals surface area contributed by atoms with Gasteiger partial charge in [-0.2, -0.15) is 0 Å². The molecule has 0 spiro atoms. The molecule has 1 rings (SSSR count). The second-order valence-corrected chi connectivity index (χ2v) is 3.72. The maximum Gasteiger partial charge on any atom is 0.387 e. The topological polar surface area (TPSA) is 107 Å². The number of carbonyl (C=O) groups excluding carboxylic acids is 1. The third kappa shape index (κ3) is 2.59. The first-order valence-corrected chi connectivity index (χ1v) is 5.06.